The number of ether oxygens (including phenoxy) is 1. The van der Waals surface area contributed by atoms with E-state index in [0.29, 0.717) is 11.6 Å². The van der Waals surface area contributed by atoms with Gasteiger partial charge in [0, 0.05) is 5.38 Å². The summed E-state index contributed by atoms with van der Waals surface area (Å²) < 4.78 is 5.06. The molecule has 0 aliphatic heterocycles. The summed E-state index contributed by atoms with van der Waals surface area (Å²) in [7, 11) is 0. The second-order valence-corrected chi connectivity index (χ2v) is 5.36. The molecule has 1 rings (SSSR count). The van der Waals surface area contributed by atoms with Crippen LogP contribution in [0.25, 0.3) is 0 Å². The molecule has 0 saturated heterocycles. The van der Waals surface area contributed by atoms with Crippen molar-refractivity contribution in [3.63, 3.8) is 0 Å². The first-order chi connectivity index (χ1) is 8.47. The van der Waals surface area contributed by atoms with Gasteiger partial charge in [0.15, 0.2) is 5.13 Å². The fourth-order valence-electron chi connectivity index (χ4n) is 1.43. The molecule has 0 bridgehead atoms. The van der Waals surface area contributed by atoms with Crippen LogP contribution in [0.2, 0.25) is 0 Å². The van der Waals surface area contributed by atoms with Crippen LogP contribution in [0.4, 0.5) is 5.13 Å². The Hall–Kier alpha value is -1.36. The predicted molar refractivity (Wildman–Crippen MR) is 74.4 cm³/mol. The lowest BCUT2D eigenvalue weighted by atomic mass is 10.1. The molecule has 100 valence electrons. The van der Waals surface area contributed by atoms with Crippen LogP contribution in [-0.4, -0.2) is 17.1 Å². The molecule has 0 amide bonds. The largest absolute Gasteiger partial charge is 0.463 e. The molecule has 1 heterocycles. The van der Waals surface area contributed by atoms with E-state index in [0.717, 1.165) is 18.5 Å². The maximum atomic E-state index is 11.3. The van der Waals surface area contributed by atoms with Crippen molar-refractivity contribution in [2.45, 2.75) is 46.1 Å². The molecule has 0 aliphatic rings. The van der Waals surface area contributed by atoms with E-state index in [1.54, 1.807) is 0 Å². The van der Waals surface area contributed by atoms with Crippen LogP contribution < -0.4 is 5.73 Å². The minimum absolute atomic E-state index is 0.0517. The molecule has 4 nitrogen and oxygen atoms in total. The first kappa shape index (κ1) is 14.7. The third-order valence-corrected chi connectivity index (χ3v) is 3.05. The van der Waals surface area contributed by atoms with Crippen molar-refractivity contribution in [1.82, 2.24) is 4.98 Å². The molecule has 0 atom stereocenters. The molecule has 1 aromatic heterocycles. The Kier molecular flexibility index (Phi) is 5.85. The number of carbonyl (C=O) groups excluding carboxylic acids is 1. The lowest BCUT2D eigenvalue weighted by Gasteiger charge is -2.06. The molecule has 0 spiro atoms. The molecular formula is C13H20N2O2S. The van der Waals surface area contributed by atoms with Gasteiger partial charge in [0.05, 0.1) is 18.2 Å². The molecule has 18 heavy (non-hydrogen) atoms. The lowest BCUT2D eigenvalue weighted by molar-refractivity contribution is -0.146. The summed E-state index contributed by atoms with van der Waals surface area (Å²) in [4.78, 5) is 15.5. The van der Waals surface area contributed by atoms with E-state index < -0.39 is 0 Å². The van der Waals surface area contributed by atoms with E-state index in [4.69, 9.17) is 10.5 Å². The Morgan fingerprint density at radius 1 is 1.61 bits per heavy atom. The number of rotatable bonds is 6. The number of esters is 1. The van der Waals surface area contributed by atoms with Crippen LogP contribution in [0.15, 0.2) is 17.0 Å². The zero-order valence-electron chi connectivity index (χ0n) is 11.1. The van der Waals surface area contributed by atoms with Gasteiger partial charge in [-0.15, -0.1) is 11.3 Å². The van der Waals surface area contributed by atoms with Gasteiger partial charge < -0.3 is 10.5 Å². The summed E-state index contributed by atoms with van der Waals surface area (Å²) in [6.45, 7) is 5.71. The number of allylic oxidation sites excluding steroid dienone is 1. The molecule has 0 aromatic carbocycles. The average Bonchev–Trinajstić information content (AvgIpc) is 2.69. The van der Waals surface area contributed by atoms with Crippen molar-refractivity contribution in [3.05, 3.63) is 22.7 Å². The number of nitrogens with zero attached hydrogens (tertiary/aromatic N) is 1. The van der Waals surface area contributed by atoms with Crippen LogP contribution in [0.5, 0.6) is 0 Å². The van der Waals surface area contributed by atoms with Gasteiger partial charge in [0.1, 0.15) is 0 Å². The molecular weight excluding hydrogens is 248 g/mol. The van der Waals surface area contributed by atoms with E-state index in [-0.39, 0.29) is 12.1 Å². The topological polar surface area (TPSA) is 65.2 Å². The molecule has 0 aliphatic carbocycles. The van der Waals surface area contributed by atoms with Gasteiger partial charge in [-0.3, -0.25) is 4.79 Å². The fourth-order valence-corrected chi connectivity index (χ4v) is 2.03. The van der Waals surface area contributed by atoms with Gasteiger partial charge in [0.25, 0.3) is 0 Å². The van der Waals surface area contributed by atoms with Gasteiger partial charge >= 0.3 is 5.97 Å². The van der Waals surface area contributed by atoms with Gasteiger partial charge in [-0.1, -0.05) is 11.6 Å². The number of hydrogen-bond donors (Lipinski definition) is 1. The second-order valence-electron chi connectivity index (χ2n) is 4.47. The number of aryl methyl sites for hydroxylation is 1. The molecule has 0 radical (unpaired) electrons. The van der Waals surface area contributed by atoms with E-state index in [9.17, 15) is 4.79 Å². The van der Waals surface area contributed by atoms with Gasteiger partial charge in [0.2, 0.25) is 0 Å². The number of aromatic nitrogens is 1. The third kappa shape index (κ3) is 5.82. The monoisotopic (exact) mass is 268 g/mol. The van der Waals surface area contributed by atoms with Crippen molar-refractivity contribution >= 4 is 22.4 Å². The number of anilines is 1. The minimum atomic E-state index is -0.178. The molecule has 0 saturated carbocycles. The smallest absolute Gasteiger partial charge is 0.309 e. The summed E-state index contributed by atoms with van der Waals surface area (Å²) >= 11 is 1.45. The highest BCUT2D eigenvalue weighted by atomic mass is 32.1. The number of carbonyl (C=O) groups is 1. The Morgan fingerprint density at radius 3 is 2.89 bits per heavy atom. The highest BCUT2D eigenvalue weighted by Gasteiger charge is 2.04. The molecule has 0 unspecified atom stereocenters. The fraction of sp³-hybridized carbons (Fsp3) is 0.538. The van der Waals surface area contributed by atoms with Crippen molar-refractivity contribution in [2.75, 3.05) is 5.73 Å². The van der Waals surface area contributed by atoms with Crippen molar-refractivity contribution in [2.24, 2.45) is 0 Å². The molecule has 0 fully saturated rings. The van der Waals surface area contributed by atoms with Crippen LogP contribution in [-0.2, 0) is 16.0 Å². The maximum absolute atomic E-state index is 11.3. The van der Waals surface area contributed by atoms with Crippen LogP contribution in [0.3, 0.4) is 0 Å². The summed E-state index contributed by atoms with van der Waals surface area (Å²) in [5.41, 5.74) is 7.74. The zero-order valence-corrected chi connectivity index (χ0v) is 11.9. The number of hydrogen-bond acceptors (Lipinski definition) is 5. The van der Waals surface area contributed by atoms with E-state index in [1.165, 1.54) is 16.9 Å². The zero-order chi connectivity index (χ0) is 13.5. The van der Waals surface area contributed by atoms with Gasteiger partial charge in [-0.2, -0.15) is 0 Å². The lowest BCUT2D eigenvalue weighted by Crippen LogP contribution is -2.10. The molecule has 5 heteroatoms. The first-order valence-corrected chi connectivity index (χ1v) is 6.90. The minimum Gasteiger partial charge on any atom is -0.463 e. The SMILES string of the molecule is C/C(=C/CC(=O)OC(C)C)CCc1csc(N)n1. The standard InChI is InChI=1S/C13H20N2O2S/c1-9(2)17-12(16)7-5-10(3)4-6-11-8-18-13(14)15-11/h5,8-9H,4,6-7H2,1-3H3,(H2,14,15)/b10-5-. The Balaban J connectivity index is 2.31. The van der Waals surface area contributed by atoms with Crippen LogP contribution in [0, 0.1) is 0 Å². The Bertz CT molecular complexity index is 424. The van der Waals surface area contributed by atoms with Crippen LogP contribution in [0.1, 0.15) is 39.3 Å². The number of nitrogen functional groups attached to an aromatic ring is 1. The Morgan fingerprint density at radius 2 is 2.33 bits per heavy atom. The Labute approximate surface area is 112 Å². The van der Waals surface area contributed by atoms with Gasteiger partial charge in [-0.25, -0.2) is 4.98 Å². The second kappa shape index (κ2) is 7.16. The normalized spacial score (nSPS) is 11.9. The molecule has 1 aromatic rings. The van der Waals surface area contributed by atoms with E-state index in [2.05, 4.69) is 4.98 Å². The number of nitrogens with two attached hydrogens (primary N) is 1. The quantitative estimate of drug-likeness (QED) is 0.636. The van der Waals surface area contributed by atoms with Gasteiger partial charge in [-0.05, 0) is 33.6 Å². The summed E-state index contributed by atoms with van der Waals surface area (Å²) in [6, 6.07) is 0. The highest BCUT2D eigenvalue weighted by Crippen LogP contribution is 2.15. The van der Waals surface area contributed by atoms with E-state index in [1.807, 2.05) is 32.2 Å². The number of thiazole rings is 1. The maximum Gasteiger partial charge on any atom is 0.309 e. The predicted octanol–water partition coefficient (Wildman–Crippen LogP) is 2.95. The van der Waals surface area contributed by atoms with Crippen molar-refractivity contribution in [1.29, 1.82) is 0 Å². The average molecular weight is 268 g/mol. The highest BCUT2D eigenvalue weighted by molar-refractivity contribution is 7.13. The van der Waals surface area contributed by atoms with E-state index >= 15 is 0 Å². The molecule has 2 N–H and O–H groups in total. The third-order valence-electron chi connectivity index (χ3n) is 2.33. The summed E-state index contributed by atoms with van der Waals surface area (Å²) in [5.74, 6) is -0.178. The van der Waals surface area contributed by atoms with Crippen molar-refractivity contribution in [3.8, 4) is 0 Å². The summed E-state index contributed by atoms with van der Waals surface area (Å²) in [5, 5.41) is 2.57. The van der Waals surface area contributed by atoms with Crippen LogP contribution >= 0.6 is 11.3 Å². The summed E-state index contributed by atoms with van der Waals surface area (Å²) in [6.07, 6.45) is 3.95. The first-order valence-electron chi connectivity index (χ1n) is 6.02. The van der Waals surface area contributed by atoms with Crippen molar-refractivity contribution < 1.29 is 9.53 Å².